The molecule has 1 amide bonds. The molecule has 1 aromatic carbocycles. The first-order valence-corrected chi connectivity index (χ1v) is 8.97. The maximum atomic E-state index is 12.7. The number of carbonyl (C=O) groups is 1. The molecule has 1 fully saturated rings. The summed E-state index contributed by atoms with van der Waals surface area (Å²) in [4.78, 5) is 14.3. The summed E-state index contributed by atoms with van der Waals surface area (Å²) in [6.45, 7) is 1.56. The Morgan fingerprint density at radius 3 is 2.81 bits per heavy atom. The van der Waals surface area contributed by atoms with Gasteiger partial charge in [-0.2, -0.15) is 5.10 Å². The minimum atomic E-state index is -2.68. The molecule has 0 atom stereocenters. The zero-order chi connectivity index (χ0) is 19.0. The molecule has 2 aliphatic heterocycles. The van der Waals surface area contributed by atoms with Gasteiger partial charge in [0.15, 0.2) is 5.69 Å². The van der Waals surface area contributed by atoms with Gasteiger partial charge in [0.2, 0.25) is 0 Å². The Balaban J connectivity index is 1.53. The topological polar surface area (TPSA) is 67.5 Å². The molecule has 0 unspecified atom stereocenters. The summed E-state index contributed by atoms with van der Waals surface area (Å²) in [6.07, 6.45) is -0.597. The summed E-state index contributed by atoms with van der Waals surface area (Å²) >= 11 is 0. The van der Waals surface area contributed by atoms with Crippen LogP contribution in [0.2, 0.25) is 0 Å². The van der Waals surface area contributed by atoms with Crippen molar-refractivity contribution in [2.45, 2.75) is 31.3 Å². The molecule has 1 saturated heterocycles. The highest BCUT2D eigenvalue weighted by molar-refractivity contribution is 5.92. The van der Waals surface area contributed by atoms with Gasteiger partial charge in [-0.3, -0.25) is 9.89 Å². The van der Waals surface area contributed by atoms with Crippen LogP contribution in [0.3, 0.4) is 0 Å². The van der Waals surface area contributed by atoms with Crippen molar-refractivity contribution >= 4 is 5.91 Å². The fourth-order valence-corrected chi connectivity index (χ4v) is 4.09. The number of fused-ring (bicyclic) bond motifs is 2. The zero-order valence-corrected chi connectivity index (χ0v) is 15.0. The monoisotopic (exact) mass is 377 g/mol. The van der Waals surface area contributed by atoms with Crippen LogP contribution in [0.25, 0.3) is 0 Å². The van der Waals surface area contributed by atoms with Gasteiger partial charge in [-0.1, -0.05) is 12.1 Å². The SMILES string of the molecule is COc1cccc2c1C1(CCN(C(=O)c3cc(C(F)F)[nH]n3)CC1)OCC2. The largest absolute Gasteiger partial charge is 0.496 e. The van der Waals surface area contributed by atoms with Crippen molar-refractivity contribution in [3.63, 3.8) is 0 Å². The second-order valence-electron chi connectivity index (χ2n) is 6.89. The van der Waals surface area contributed by atoms with Crippen molar-refractivity contribution in [1.82, 2.24) is 15.1 Å². The number of hydrogen-bond donors (Lipinski definition) is 1. The van der Waals surface area contributed by atoms with E-state index in [1.165, 1.54) is 5.56 Å². The van der Waals surface area contributed by atoms with Crippen LogP contribution in [0.4, 0.5) is 8.78 Å². The number of benzene rings is 1. The van der Waals surface area contributed by atoms with Gasteiger partial charge in [0, 0.05) is 18.7 Å². The highest BCUT2D eigenvalue weighted by Gasteiger charge is 2.43. The number of likely N-dealkylation sites (tertiary alicyclic amines) is 1. The molecule has 0 saturated carbocycles. The lowest BCUT2D eigenvalue weighted by Crippen LogP contribution is -2.48. The first-order chi connectivity index (χ1) is 13.0. The molecule has 2 aliphatic rings. The minimum absolute atomic E-state index is 0.0174. The number of aromatic amines is 1. The smallest absolute Gasteiger partial charge is 0.279 e. The van der Waals surface area contributed by atoms with Crippen molar-refractivity contribution in [1.29, 1.82) is 0 Å². The van der Waals surface area contributed by atoms with Crippen LogP contribution in [0.1, 0.15) is 46.6 Å². The lowest BCUT2D eigenvalue weighted by Gasteiger charge is -2.45. The second-order valence-corrected chi connectivity index (χ2v) is 6.89. The van der Waals surface area contributed by atoms with Crippen LogP contribution in [0.5, 0.6) is 5.75 Å². The summed E-state index contributed by atoms with van der Waals surface area (Å²) in [7, 11) is 1.65. The predicted molar refractivity (Wildman–Crippen MR) is 93.0 cm³/mol. The zero-order valence-electron chi connectivity index (χ0n) is 15.0. The number of carbonyl (C=O) groups excluding carboxylic acids is 1. The van der Waals surface area contributed by atoms with Crippen molar-refractivity contribution in [3.8, 4) is 5.75 Å². The van der Waals surface area contributed by atoms with E-state index in [0.29, 0.717) is 32.5 Å². The van der Waals surface area contributed by atoms with Gasteiger partial charge < -0.3 is 14.4 Å². The molecule has 144 valence electrons. The number of rotatable bonds is 3. The first kappa shape index (κ1) is 17.9. The van der Waals surface area contributed by atoms with Crippen LogP contribution in [0, 0.1) is 0 Å². The maximum absolute atomic E-state index is 12.7. The van der Waals surface area contributed by atoms with Crippen molar-refractivity contribution in [3.05, 3.63) is 46.8 Å². The Morgan fingerprint density at radius 2 is 2.15 bits per heavy atom. The molecule has 0 radical (unpaired) electrons. The molecule has 27 heavy (non-hydrogen) atoms. The highest BCUT2D eigenvalue weighted by atomic mass is 19.3. The third-order valence-electron chi connectivity index (χ3n) is 5.45. The van der Waals surface area contributed by atoms with Gasteiger partial charge in [0.05, 0.1) is 13.7 Å². The number of ether oxygens (including phenoxy) is 2. The van der Waals surface area contributed by atoms with Gasteiger partial charge in [-0.05, 0) is 37.0 Å². The van der Waals surface area contributed by atoms with Crippen molar-refractivity contribution in [2.24, 2.45) is 0 Å². The number of H-pyrrole nitrogens is 1. The lowest BCUT2D eigenvalue weighted by atomic mass is 9.78. The van der Waals surface area contributed by atoms with E-state index in [9.17, 15) is 13.6 Å². The third kappa shape index (κ3) is 3.07. The number of piperidine rings is 1. The van der Waals surface area contributed by atoms with Gasteiger partial charge >= 0.3 is 0 Å². The van der Waals surface area contributed by atoms with Gasteiger partial charge in [-0.15, -0.1) is 0 Å². The molecule has 2 aromatic rings. The van der Waals surface area contributed by atoms with Crippen molar-refractivity contribution < 1.29 is 23.0 Å². The second kappa shape index (κ2) is 6.92. The fraction of sp³-hybridized carbons (Fsp3) is 0.474. The number of alkyl halides is 2. The van der Waals surface area contributed by atoms with E-state index in [4.69, 9.17) is 9.47 Å². The minimum Gasteiger partial charge on any atom is -0.496 e. The Morgan fingerprint density at radius 1 is 1.37 bits per heavy atom. The molecule has 6 nitrogen and oxygen atoms in total. The molecule has 1 aromatic heterocycles. The van der Waals surface area contributed by atoms with E-state index >= 15 is 0 Å². The van der Waals surface area contributed by atoms with E-state index < -0.39 is 12.0 Å². The van der Waals surface area contributed by atoms with Gasteiger partial charge in [-0.25, -0.2) is 8.78 Å². The highest BCUT2D eigenvalue weighted by Crippen LogP contribution is 2.45. The molecular weight excluding hydrogens is 356 g/mol. The summed E-state index contributed by atoms with van der Waals surface area (Å²) in [6, 6.07) is 7.12. The quantitative estimate of drug-likeness (QED) is 0.893. The van der Waals surface area contributed by atoms with E-state index in [0.717, 1.165) is 23.8 Å². The van der Waals surface area contributed by atoms with Crippen LogP contribution in [-0.4, -0.2) is 47.8 Å². The van der Waals surface area contributed by atoms with Crippen LogP contribution in [-0.2, 0) is 16.8 Å². The number of hydrogen-bond acceptors (Lipinski definition) is 4. The Hall–Kier alpha value is -2.48. The molecular formula is C19H21F2N3O3. The lowest BCUT2D eigenvalue weighted by molar-refractivity contribution is -0.0947. The third-order valence-corrected chi connectivity index (χ3v) is 5.45. The van der Waals surface area contributed by atoms with E-state index in [1.807, 2.05) is 12.1 Å². The average molecular weight is 377 g/mol. The first-order valence-electron chi connectivity index (χ1n) is 8.97. The molecule has 0 bridgehead atoms. The summed E-state index contributed by atoms with van der Waals surface area (Å²) in [5.74, 6) is 0.463. The molecule has 1 N–H and O–H groups in total. The average Bonchev–Trinajstić information content (AvgIpc) is 3.18. The van der Waals surface area contributed by atoms with Gasteiger partial charge in [0.25, 0.3) is 12.3 Å². The molecule has 1 spiro atoms. The van der Waals surface area contributed by atoms with Crippen LogP contribution >= 0.6 is 0 Å². The Bertz CT molecular complexity index is 830. The molecule has 0 aliphatic carbocycles. The van der Waals surface area contributed by atoms with E-state index in [-0.39, 0.29) is 17.3 Å². The fourth-order valence-electron chi connectivity index (χ4n) is 4.09. The number of methoxy groups -OCH3 is 1. The Kier molecular flexibility index (Phi) is 4.59. The van der Waals surface area contributed by atoms with Crippen LogP contribution in [0.15, 0.2) is 24.3 Å². The number of halogens is 2. The Labute approximate surface area is 155 Å². The maximum Gasteiger partial charge on any atom is 0.279 e. The number of amides is 1. The number of nitrogens with zero attached hydrogens (tertiary/aromatic N) is 2. The van der Waals surface area contributed by atoms with Crippen molar-refractivity contribution in [2.75, 3.05) is 26.8 Å². The number of nitrogens with one attached hydrogen (secondary N) is 1. The standard InChI is InChI=1S/C19H21F2N3O3/c1-26-15-4-2-3-12-5-10-27-19(16(12)15)6-8-24(9-7-19)18(25)14-11-13(17(20)21)22-23-14/h2-4,11,17H,5-10H2,1H3,(H,22,23). The number of aromatic nitrogens is 2. The van der Waals surface area contributed by atoms with Crippen LogP contribution < -0.4 is 4.74 Å². The molecule has 3 heterocycles. The summed E-state index contributed by atoms with van der Waals surface area (Å²) < 4.78 is 37.2. The van der Waals surface area contributed by atoms with E-state index in [1.54, 1.807) is 12.0 Å². The summed E-state index contributed by atoms with van der Waals surface area (Å²) in [5, 5.41) is 5.95. The normalized spacial score (nSPS) is 18.6. The van der Waals surface area contributed by atoms with Gasteiger partial charge in [0.1, 0.15) is 17.0 Å². The van der Waals surface area contributed by atoms with E-state index in [2.05, 4.69) is 16.3 Å². The summed E-state index contributed by atoms with van der Waals surface area (Å²) in [5.41, 5.74) is 1.49. The predicted octanol–water partition coefficient (Wildman–Crippen LogP) is 3.06. The molecule has 8 heteroatoms. The molecule has 4 rings (SSSR count).